The predicted octanol–water partition coefficient (Wildman–Crippen LogP) is 4.90. The number of carbonyl (C=O) groups excluding carboxylic acids is 1. The molecule has 3 aromatic rings. The first-order chi connectivity index (χ1) is 13.7. The molecule has 1 fully saturated rings. The van der Waals surface area contributed by atoms with Crippen LogP contribution in [0.4, 0.5) is 4.39 Å². The fourth-order valence-corrected chi connectivity index (χ4v) is 4.53. The molecule has 2 heterocycles. The van der Waals surface area contributed by atoms with Gasteiger partial charge >= 0.3 is 0 Å². The van der Waals surface area contributed by atoms with E-state index in [1.807, 2.05) is 23.1 Å². The molecule has 1 amide bonds. The van der Waals surface area contributed by atoms with E-state index in [-0.39, 0.29) is 11.7 Å². The molecule has 0 atom stereocenters. The summed E-state index contributed by atoms with van der Waals surface area (Å²) in [4.78, 5) is 19.1. The Labute approximate surface area is 169 Å². The Kier molecular flexibility index (Phi) is 5.84. The molecular formula is C23H23FN2OS. The average Bonchev–Trinajstić information content (AvgIpc) is 3.10. The number of hydrogen-bond donors (Lipinski definition) is 0. The van der Waals surface area contributed by atoms with Gasteiger partial charge in [0.25, 0.3) is 5.91 Å². The van der Waals surface area contributed by atoms with Crippen molar-refractivity contribution in [2.24, 2.45) is 0 Å². The van der Waals surface area contributed by atoms with E-state index in [4.69, 9.17) is 0 Å². The first-order valence-electron chi connectivity index (χ1n) is 9.60. The van der Waals surface area contributed by atoms with Gasteiger partial charge in [0.1, 0.15) is 5.82 Å². The van der Waals surface area contributed by atoms with Crippen LogP contribution >= 0.6 is 11.3 Å². The van der Waals surface area contributed by atoms with E-state index in [0.29, 0.717) is 0 Å². The summed E-state index contributed by atoms with van der Waals surface area (Å²) in [5, 5.41) is 0. The second-order valence-electron chi connectivity index (χ2n) is 7.08. The number of halogens is 1. The lowest BCUT2D eigenvalue weighted by molar-refractivity contribution is 0.0766. The smallest absolute Gasteiger partial charge is 0.263 e. The molecule has 0 saturated carbocycles. The third kappa shape index (κ3) is 4.49. The molecule has 28 heavy (non-hydrogen) atoms. The van der Waals surface area contributed by atoms with Gasteiger partial charge in [0.2, 0.25) is 0 Å². The number of amides is 1. The van der Waals surface area contributed by atoms with Crippen LogP contribution in [0.15, 0.2) is 66.7 Å². The molecule has 3 nitrogen and oxygen atoms in total. The largest absolute Gasteiger partial charge is 0.337 e. The molecule has 1 aromatic heterocycles. The van der Waals surface area contributed by atoms with Crippen molar-refractivity contribution in [3.05, 3.63) is 83.0 Å². The Morgan fingerprint density at radius 2 is 1.68 bits per heavy atom. The minimum absolute atomic E-state index is 0.0972. The first kappa shape index (κ1) is 18.8. The molecule has 1 aliphatic rings. The monoisotopic (exact) mass is 394 g/mol. The molecule has 0 unspecified atom stereocenters. The molecule has 0 radical (unpaired) electrons. The topological polar surface area (TPSA) is 23.6 Å². The molecule has 144 valence electrons. The highest BCUT2D eigenvalue weighted by atomic mass is 32.1. The van der Waals surface area contributed by atoms with Crippen LogP contribution in [0.1, 0.15) is 21.7 Å². The van der Waals surface area contributed by atoms with Gasteiger partial charge in [-0.15, -0.1) is 11.3 Å². The van der Waals surface area contributed by atoms with Crippen LogP contribution in [-0.2, 0) is 6.54 Å². The van der Waals surface area contributed by atoms with Crippen LogP contribution in [0.25, 0.3) is 10.4 Å². The maximum Gasteiger partial charge on any atom is 0.263 e. The van der Waals surface area contributed by atoms with Crippen LogP contribution in [-0.4, -0.2) is 41.9 Å². The molecule has 4 rings (SSSR count). The lowest BCUT2D eigenvalue weighted by atomic mass is 10.2. The number of nitrogens with zero attached hydrogens (tertiary/aromatic N) is 2. The lowest BCUT2D eigenvalue weighted by Gasteiger charge is -2.21. The second-order valence-corrected chi connectivity index (χ2v) is 8.16. The third-order valence-corrected chi connectivity index (χ3v) is 6.19. The van der Waals surface area contributed by atoms with E-state index >= 15 is 0 Å². The highest BCUT2D eigenvalue weighted by molar-refractivity contribution is 7.17. The fourth-order valence-electron chi connectivity index (χ4n) is 3.55. The predicted molar refractivity (Wildman–Crippen MR) is 112 cm³/mol. The van der Waals surface area contributed by atoms with Gasteiger partial charge in [-0.3, -0.25) is 9.69 Å². The normalized spacial score (nSPS) is 15.4. The van der Waals surface area contributed by atoms with E-state index < -0.39 is 0 Å². The molecule has 0 aliphatic carbocycles. The van der Waals surface area contributed by atoms with Gasteiger partial charge in [0, 0.05) is 37.6 Å². The van der Waals surface area contributed by atoms with Crippen molar-refractivity contribution in [3.8, 4) is 10.4 Å². The Bertz CT molecular complexity index is 923. The van der Waals surface area contributed by atoms with Crippen LogP contribution in [0.5, 0.6) is 0 Å². The lowest BCUT2D eigenvalue weighted by Crippen LogP contribution is -2.34. The summed E-state index contributed by atoms with van der Waals surface area (Å²) in [7, 11) is 0. The van der Waals surface area contributed by atoms with Crippen molar-refractivity contribution in [1.29, 1.82) is 0 Å². The van der Waals surface area contributed by atoms with Crippen LogP contribution in [0.2, 0.25) is 0 Å². The molecule has 0 spiro atoms. The van der Waals surface area contributed by atoms with Gasteiger partial charge in [-0.25, -0.2) is 4.39 Å². The molecule has 5 heteroatoms. The summed E-state index contributed by atoms with van der Waals surface area (Å²) in [6.45, 7) is 4.35. The summed E-state index contributed by atoms with van der Waals surface area (Å²) < 4.78 is 13.1. The standard InChI is InChI=1S/C23H23FN2OS/c24-20-9-7-19(8-10-20)21-11-12-22(28-21)23(27)26-14-4-13-25(15-16-26)17-18-5-2-1-3-6-18/h1-3,5-12H,4,13-17H2. The maximum atomic E-state index is 13.1. The van der Waals surface area contributed by atoms with E-state index in [9.17, 15) is 9.18 Å². The van der Waals surface area contributed by atoms with Gasteiger partial charge < -0.3 is 4.90 Å². The minimum Gasteiger partial charge on any atom is -0.337 e. The summed E-state index contributed by atoms with van der Waals surface area (Å²) in [6, 6.07) is 20.7. The maximum absolute atomic E-state index is 13.1. The summed E-state index contributed by atoms with van der Waals surface area (Å²) >= 11 is 1.48. The summed E-state index contributed by atoms with van der Waals surface area (Å²) in [5.74, 6) is -0.152. The molecule has 1 saturated heterocycles. The average molecular weight is 395 g/mol. The molecule has 1 aliphatic heterocycles. The van der Waals surface area contributed by atoms with Gasteiger partial charge in [-0.05, 0) is 41.8 Å². The first-order valence-corrected chi connectivity index (χ1v) is 10.4. The highest BCUT2D eigenvalue weighted by Crippen LogP contribution is 2.29. The van der Waals surface area contributed by atoms with Gasteiger partial charge in [-0.1, -0.05) is 42.5 Å². The zero-order valence-electron chi connectivity index (χ0n) is 15.7. The number of carbonyl (C=O) groups is 1. The molecule has 0 bridgehead atoms. The zero-order valence-corrected chi connectivity index (χ0v) is 16.5. The Morgan fingerprint density at radius 1 is 0.893 bits per heavy atom. The van der Waals surface area contributed by atoms with E-state index in [0.717, 1.165) is 54.5 Å². The van der Waals surface area contributed by atoms with Crippen molar-refractivity contribution < 1.29 is 9.18 Å². The number of hydrogen-bond acceptors (Lipinski definition) is 3. The quantitative estimate of drug-likeness (QED) is 0.628. The van der Waals surface area contributed by atoms with E-state index in [2.05, 4.69) is 29.2 Å². The van der Waals surface area contributed by atoms with Crippen LogP contribution in [0, 0.1) is 5.82 Å². The van der Waals surface area contributed by atoms with Gasteiger partial charge in [0.15, 0.2) is 0 Å². The number of rotatable bonds is 4. The summed E-state index contributed by atoms with van der Waals surface area (Å²) in [5.41, 5.74) is 2.25. The van der Waals surface area contributed by atoms with E-state index in [1.165, 1.54) is 29.0 Å². The molecular weight excluding hydrogens is 371 g/mol. The van der Waals surface area contributed by atoms with Crippen molar-refractivity contribution >= 4 is 17.2 Å². The second kappa shape index (κ2) is 8.67. The van der Waals surface area contributed by atoms with E-state index in [1.54, 1.807) is 12.1 Å². The third-order valence-electron chi connectivity index (χ3n) is 5.07. The van der Waals surface area contributed by atoms with Crippen molar-refractivity contribution in [3.63, 3.8) is 0 Å². The Morgan fingerprint density at radius 3 is 2.46 bits per heavy atom. The number of benzene rings is 2. The van der Waals surface area contributed by atoms with Crippen molar-refractivity contribution in [1.82, 2.24) is 9.80 Å². The highest BCUT2D eigenvalue weighted by Gasteiger charge is 2.21. The molecule has 2 aromatic carbocycles. The SMILES string of the molecule is O=C(c1ccc(-c2ccc(F)cc2)s1)N1CCCN(Cc2ccccc2)CC1. The van der Waals surface area contributed by atoms with Crippen LogP contribution < -0.4 is 0 Å². The van der Waals surface area contributed by atoms with Gasteiger partial charge in [-0.2, -0.15) is 0 Å². The summed E-state index contributed by atoms with van der Waals surface area (Å²) in [6.07, 6.45) is 0.981. The number of thiophene rings is 1. The molecule has 0 N–H and O–H groups in total. The van der Waals surface area contributed by atoms with Crippen LogP contribution in [0.3, 0.4) is 0 Å². The minimum atomic E-state index is -0.249. The fraction of sp³-hybridized carbons (Fsp3) is 0.261. The Hall–Kier alpha value is -2.50. The Balaban J connectivity index is 1.39. The zero-order chi connectivity index (χ0) is 19.3. The van der Waals surface area contributed by atoms with Crippen molar-refractivity contribution in [2.45, 2.75) is 13.0 Å². The van der Waals surface area contributed by atoms with Crippen molar-refractivity contribution in [2.75, 3.05) is 26.2 Å². The van der Waals surface area contributed by atoms with Gasteiger partial charge in [0.05, 0.1) is 4.88 Å².